The number of aromatic nitrogens is 1. The Bertz CT molecular complexity index is 765. The molecule has 5 heteroatoms. The molecule has 2 aromatic rings. The van der Waals surface area contributed by atoms with Crippen molar-refractivity contribution in [2.24, 2.45) is 0 Å². The molecule has 1 aromatic carbocycles. The van der Waals surface area contributed by atoms with Crippen molar-refractivity contribution in [3.63, 3.8) is 0 Å². The summed E-state index contributed by atoms with van der Waals surface area (Å²) in [6.07, 6.45) is 4.83. The summed E-state index contributed by atoms with van der Waals surface area (Å²) in [4.78, 5) is 29.6. The van der Waals surface area contributed by atoms with E-state index in [0.717, 1.165) is 29.6 Å². The number of aryl methyl sites for hydroxylation is 1. The van der Waals surface area contributed by atoms with Gasteiger partial charge in [-0.05, 0) is 39.2 Å². The first-order valence-electron chi connectivity index (χ1n) is 9.32. The first-order valence-corrected chi connectivity index (χ1v) is 9.32. The fourth-order valence-electron chi connectivity index (χ4n) is 3.90. The first-order chi connectivity index (χ1) is 12.1. The number of H-pyrrole nitrogens is 1. The number of fused-ring (bicyclic) bond motifs is 1. The van der Waals surface area contributed by atoms with E-state index >= 15 is 0 Å². The van der Waals surface area contributed by atoms with Gasteiger partial charge in [0.15, 0.2) is 0 Å². The number of para-hydroxylation sites is 1. The lowest BCUT2D eigenvalue weighted by molar-refractivity contribution is -0.928. The third-order valence-corrected chi connectivity index (χ3v) is 5.37. The molecule has 0 radical (unpaired) electrons. The van der Waals surface area contributed by atoms with E-state index in [2.05, 4.69) is 17.2 Å². The standard InChI is InChI=1S/C20H27N3O2/c1-14-8-5-6-12-23(14)13-7-11-21-20(25)19(24)18-15(2)22-17-10-4-3-9-16(17)18/h3-4,9-10,14,22H,5-8,11-13H2,1-2H3,(H,21,25)/p+1/t14-/m1/s1. The number of carbonyl (C=O) groups is 2. The summed E-state index contributed by atoms with van der Waals surface area (Å²) in [5.41, 5.74) is 2.12. The van der Waals surface area contributed by atoms with Crippen molar-refractivity contribution >= 4 is 22.6 Å². The number of benzene rings is 1. The van der Waals surface area contributed by atoms with Crippen LogP contribution in [0, 0.1) is 6.92 Å². The lowest BCUT2D eigenvalue weighted by Crippen LogP contribution is -3.16. The van der Waals surface area contributed by atoms with Crippen molar-refractivity contribution in [1.82, 2.24) is 10.3 Å². The van der Waals surface area contributed by atoms with Crippen LogP contribution in [0.4, 0.5) is 0 Å². The summed E-state index contributed by atoms with van der Waals surface area (Å²) in [7, 11) is 0. The van der Waals surface area contributed by atoms with Crippen molar-refractivity contribution < 1.29 is 14.5 Å². The molecule has 0 bridgehead atoms. The quantitative estimate of drug-likeness (QED) is 0.424. The number of nitrogens with one attached hydrogen (secondary N) is 3. The zero-order chi connectivity index (χ0) is 17.8. The summed E-state index contributed by atoms with van der Waals surface area (Å²) in [5, 5.41) is 3.61. The van der Waals surface area contributed by atoms with Crippen molar-refractivity contribution in [3.8, 4) is 0 Å². The molecule has 1 unspecified atom stereocenters. The second kappa shape index (κ2) is 7.83. The summed E-state index contributed by atoms with van der Waals surface area (Å²) in [6.45, 7) is 6.98. The molecule has 1 amide bonds. The van der Waals surface area contributed by atoms with Gasteiger partial charge in [-0.15, -0.1) is 0 Å². The average Bonchev–Trinajstić information content (AvgIpc) is 2.95. The first kappa shape index (κ1) is 17.7. The molecule has 3 rings (SSSR count). The fourth-order valence-corrected chi connectivity index (χ4v) is 3.90. The van der Waals surface area contributed by atoms with E-state index in [-0.39, 0.29) is 0 Å². The van der Waals surface area contributed by atoms with Crippen LogP contribution in [-0.4, -0.2) is 42.4 Å². The Hall–Kier alpha value is -2.14. The highest BCUT2D eigenvalue weighted by molar-refractivity contribution is 6.45. The van der Waals surface area contributed by atoms with Crippen molar-refractivity contribution in [1.29, 1.82) is 0 Å². The molecule has 0 saturated carbocycles. The number of likely N-dealkylation sites (tertiary alicyclic amines) is 1. The van der Waals surface area contributed by atoms with Gasteiger partial charge in [0.25, 0.3) is 11.7 Å². The van der Waals surface area contributed by atoms with Crippen molar-refractivity contribution in [2.75, 3.05) is 19.6 Å². The number of ketones is 1. The van der Waals surface area contributed by atoms with E-state index in [1.807, 2.05) is 31.2 Å². The highest BCUT2D eigenvalue weighted by atomic mass is 16.2. The van der Waals surface area contributed by atoms with Gasteiger partial charge in [-0.25, -0.2) is 0 Å². The van der Waals surface area contributed by atoms with Gasteiger partial charge in [-0.2, -0.15) is 0 Å². The Morgan fingerprint density at radius 2 is 2.08 bits per heavy atom. The van der Waals surface area contributed by atoms with E-state index in [1.54, 1.807) is 4.90 Å². The summed E-state index contributed by atoms with van der Waals surface area (Å²) >= 11 is 0. The number of aromatic amines is 1. The second-order valence-corrected chi connectivity index (χ2v) is 7.16. The molecular weight excluding hydrogens is 314 g/mol. The third-order valence-electron chi connectivity index (χ3n) is 5.37. The third kappa shape index (κ3) is 3.93. The number of carbonyl (C=O) groups excluding carboxylic acids is 2. The van der Waals surface area contributed by atoms with Crippen LogP contribution in [-0.2, 0) is 4.79 Å². The minimum absolute atomic E-state index is 0.450. The molecule has 1 aromatic heterocycles. The number of hydrogen-bond donors (Lipinski definition) is 3. The van der Waals surface area contributed by atoms with Crippen LogP contribution in [0.15, 0.2) is 24.3 Å². The van der Waals surface area contributed by atoms with E-state index in [1.165, 1.54) is 25.8 Å². The van der Waals surface area contributed by atoms with Crippen molar-refractivity contribution in [2.45, 2.75) is 45.6 Å². The monoisotopic (exact) mass is 342 g/mol. The number of piperidine rings is 1. The normalized spacial score (nSPS) is 20.6. The molecule has 25 heavy (non-hydrogen) atoms. The minimum Gasteiger partial charge on any atom is -0.358 e. The predicted molar refractivity (Wildman–Crippen MR) is 99.0 cm³/mol. The van der Waals surface area contributed by atoms with Gasteiger partial charge in [0.05, 0.1) is 24.7 Å². The molecule has 1 aliphatic rings. The van der Waals surface area contributed by atoms with Crippen LogP contribution in [0.25, 0.3) is 10.9 Å². The van der Waals surface area contributed by atoms with Gasteiger partial charge >= 0.3 is 0 Å². The SMILES string of the molecule is Cc1[nH]c2ccccc2c1C(=O)C(=O)NCCC[NH+]1CCCC[C@H]1C. The molecule has 134 valence electrons. The van der Waals surface area contributed by atoms with Crippen LogP contribution < -0.4 is 10.2 Å². The molecule has 1 aliphatic heterocycles. The Balaban J connectivity index is 1.54. The zero-order valence-corrected chi connectivity index (χ0v) is 15.2. The average molecular weight is 342 g/mol. The Morgan fingerprint density at radius 1 is 1.28 bits per heavy atom. The van der Waals surface area contributed by atoms with Gasteiger partial charge in [0.2, 0.25) is 0 Å². The summed E-state index contributed by atoms with van der Waals surface area (Å²) < 4.78 is 0. The maximum absolute atomic E-state index is 12.6. The Morgan fingerprint density at radius 3 is 2.88 bits per heavy atom. The number of rotatable bonds is 6. The summed E-state index contributed by atoms with van der Waals surface area (Å²) in [6, 6.07) is 8.30. The Kier molecular flexibility index (Phi) is 5.53. The molecule has 3 N–H and O–H groups in total. The molecule has 1 fully saturated rings. The van der Waals surface area contributed by atoms with Crippen LogP contribution >= 0.6 is 0 Å². The van der Waals surface area contributed by atoms with Gasteiger partial charge in [0.1, 0.15) is 0 Å². The maximum Gasteiger partial charge on any atom is 0.292 e. The predicted octanol–water partition coefficient (Wildman–Crippen LogP) is 1.62. The molecule has 2 heterocycles. The fraction of sp³-hybridized carbons (Fsp3) is 0.500. The summed E-state index contributed by atoms with van der Waals surface area (Å²) in [5.74, 6) is -0.955. The number of amides is 1. The lowest BCUT2D eigenvalue weighted by atomic mass is 10.0. The molecule has 0 aliphatic carbocycles. The zero-order valence-electron chi connectivity index (χ0n) is 15.2. The Labute approximate surface area is 148 Å². The van der Waals surface area contributed by atoms with E-state index in [4.69, 9.17) is 0 Å². The molecule has 5 nitrogen and oxygen atoms in total. The smallest absolute Gasteiger partial charge is 0.292 e. The molecule has 0 spiro atoms. The highest BCUT2D eigenvalue weighted by Crippen LogP contribution is 2.22. The highest BCUT2D eigenvalue weighted by Gasteiger charge is 2.23. The lowest BCUT2D eigenvalue weighted by Gasteiger charge is -2.30. The van der Waals surface area contributed by atoms with E-state index in [9.17, 15) is 9.59 Å². The van der Waals surface area contributed by atoms with Gasteiger partial charge in [0, 0.05) is 29.6 Å². The number of quaternary nitrogens is 1. The van der Waals surface area contributed by atoms with E-state index < -0.39 is 11.7 Å². The van der Waals surface area contributed by atoms with Crippen LogP contribution in [0.1, 0.15) is 48.7 Å². The van der Waals surface area contributed by atoms with E-state index in [0.29, 0.717) is 18.2 Å². The van der Waals surface area contributed by atoms with Gasteiger partial charge < -0.3 is 15.2 Å². The maximum atomic E-state index is 12.6. The molecular formula is C20H28N3O2+. The van der Waals surface area contributed by atoms with Crippen molar-refractivity contribution in [3.05, 3.63) is 35.5 Å². The number of hydrogen-bond acceptors (Lipinski definition) is 2. The van der Waals surface area contributed by atoms with Gasteiger partial charge in [-0.3, -0.25) is 9.59 Å². The number of Topliss-reactive ketones (excluding diaryl/α,β-unsaturated/α-hetero) is 1. The minimum atomic E-state index is -0.505. The largest absolute Gasteiger partial charge is 0.358 e. The van der Waals surface area contributed by atoms with Gasteiger partial charge in [-0.1, -0.05) is 18.2 Å². The topological polar surface area (TPSA) is 66.4 Å². The van der Waals surface area contributed by atoms with Crippen LogP contribution in [0.2, 0.25) is 0 Å². The van der Waals surface area contributed by atoms with Crippen LogP contribution in [0.5, 0.6) is 0 Å². The molecule has 2 atom stereocenters. The molecule has 1 saturated heterocycles. The van der Waals surface area contributed by atoms with Crippen LogP contribution in [0.3, 0.4) is 0 Å². The second-order valence-electron chi connectivity index (χ2n) is 7.16.